The van der Waals surface area contributed by atoms with Crippen molar-refractivity contribution in [3.63, 3.8) is 0 Å². The summed E-state index contributed by atoms with van der Waals surface area (Å²) < 4.78 is 0. The highest BCUT2D eigenvalue weighted by atomic mass is 16.1. The molecule has 0 radical (unpaired) electrons. The van der Waals surface area contributed by atoms with Gasteiger partial charge >= 0.3 is 0 Å². The molecule has 64 valence electrons. The first-order valence-electron chi connectivity index (χ1n) is 4.52. The minimum atomic E-state index is 0.298. The van der Waals surface area contributed by atoms with Crippen molar-refractivity contribution in [3.8, 4) is 11.8 Å². The number of rotatable bonds is 1. The van der Waals surface area contributed by atoms with Gasteiger partial charge in [0, 0.05) is 24.8 Å². The number of Topliss-reactive ketones (excluding diaryl/α,β-unsaturated/α-hetero) is 1. The van der Waals surface area contributed by atoms with E-state index in [-0.39, 0.29) is 0 Å². The number of ketones is 1. The van der Waals surface area contributed by atoms with Crippen molar-refractivity contribution in [3.05, 3.63) is 11.6 Å². The first kappa shape index (κ1) is 9.06. The van der Waals surface area contributed by atoms with Gasteiger partial charge in [-0.15, -0.1) is 5.92 Å². The smallest absolute Gasteiger partial charge is 0.159 e. The Kier molecular flexibility index (Phi) is 3.60. The molecule has 0 N–H and O–H groups in total. The number of hydrogen-bond donors (Lipinski definition) is 0. The predicted molar refractivity (Wildman–Crippen MR) is 49.6 cm³/mol. The molecule has 0 bridgehead atoms. The van der Waals surface area contributed by atoms with Gasteiger partial charge in [0.2, 0.25) is 0 Å². The van der Waals surface area contributed by atoms with Gasteiger partial charge in [-0.05, 0) is 12.8 Å². The van der Waals surface area contributed by atoms with Crippen molar-refractivity contribution in [1.29, 1.82) is 0 Å². The standard InChI is InChI=1S/C11H14O/c1-2-3-4-7-10-8-5-6-9-11(10)12/h8H,2,5-7,9H2,1H3. The van der Waals surface area contributed by atoms with Crippen LogP contribution in [0.3, 0.4) is 0 Å². The lowest BCUT2D eigenvalue weighted by Crippen LogP contribution is -2.06. The van der Waals surface area contributed by atoms with Crippen LogP contribution in [0.2, 0.25) is 0 Å². The van der Waals surface area contributed by atoms with Crippen LogP contribution in [0.25, 0.3) is 0 Å². The molecule has 12 heavy (non-hydrogen) atoms. The summed E-state index contributed by atoms with van der Waals surface area (Å²) in [5.74, 6) is 6.27. The average molecular weight is 162 g/mol. The Morgan fingerprint density at radius 1 is 1.50 bits per heavy atom. The lowest BCUT2D eigenvalue weighted by atomic mass is 9.96. The lowest BCUT2D eigenvalue weighted by molar-refractivity contribution is -0.116. The molecule has 0 amide bonds. The van der Waals surface area contributed by atoms with Crippen LogP contribution < -0.4 is 0 Å². The van der Waals surface area contributed by atoms with Gasteiger partial charge in [0.15, 0.2) is 5.78 Å². The van der Waals surface area contributed by atoms with E-state index in [1.54, 1.807) is 0 Å². The summed E-state index contributed by atoms with van der Waals surface area (Å²) in [6, 6.07) is 0. The van der Waals surface area contributed by atoms with Crippen molar-refractivity contribution < 1.29 is 4.79 Å². The fourth-order valence-electron chi connectivity index (χ4n) is 1.27. The van der Waals surface area contributed by atoms with Crippen molar-refractivity contribution >= 4 is 5.78 Å². The van der Waals surface area contributed by atoms with Crippen LogP contribution in [0.4, 0.5) is 0 Å². The molecule has 0 saturated carbocycles. The molecule has 0 saturated heterocycles. The van der Waals surface area contributed by atoms with Crippen molar-refractivity contribution in [2.45, 2.75) is 39.0 Å². The number of carbonyl (C=O) groups is 1. The molecular formula is C11H14O. The average Bonchev–Trinajstić information content (AvgIpc) is 2.09. The summed E-state index contributed by atoms with van der Waals surface area (Å²) in [4.78, 5) is 11.3. The molecule has 1 heteroatoms. The van der Waals surface area contributed by atoms with Gasteiger partial charge in [-0.25, -0.2) is 0 Å². The second kappa shape index (κ2) is 4.77. The summed E-state index contributed by atoms with van der Waals surface area (Å²) in [5.41, 5.74) is 0.933. The van der Waals surface area contributed by atoms with E-state index in [0.29, 0.717) is 12.2 Å². The molecule has 1 rings (SSSR count). The highest BCUT2D eigenvalue weighted by Crippen LogP contribution is 2.15. The Labute approximate surface area is 73.9 Å². The van der Waals surface area contributed by atoms with Crippen LogP contribution in [0.5, 0.6) is 0 Å². The summed E-state index contributed by atoms with van der Waals surface area (Å²) in [7, 11) is 0. The van der Waals surface area contributed by atoms with Gasteiger partial charge in [-0.2, -0.15) is 0 Å². The monoisotopic (exact) mass is 162 g/mol. The molecule has 1 aliphatic rings. The minimum Gasteiger partial charge on any atom is -0.295 e. The Balaban J connectivity index is 2.50. The maximum Gasteiger partial charge on any atom is 0.159 e. The van der Waals surface area contributed by atoms with Crippen molar-refractivity contribution in [2.24, 2.45) is 0 Å². The molecule has 0 atom stereocenters. The van der Waals surface area contributed by atoms with E-state index in [9.17, 15) is 4.79 Å². The van der Waals surface area contributed by atoms with Gasteiger partial charge in [-0.1, -0.05) is 18.9 Å². The summed E-state index contributed by atoms with van der Waals surface area (Å²) in [5, 5.41) is 0. The van der Waals surface area contributed by atoms with Crippen LogP contribution in [0.15, 0.2) is 11.6 Å². The van der Waals surface area contributed by atoms with Crippen LogP contribution in [-0.2, 0) is 4.79 Å². The van der Waals surface area contributed by atoms with Crippen LogP contribution in [-0.4, -0.2) is 5.78 Å². The number of carbonyl (C=O) groups excluding carboxylic acids is 1. The molecule has 1 aliphatic carbocycles. The molecule has 1 nitrogen and oxygen atoms in total. The fourth-order valence-corrected chi connectivity index (χ4v) is 1.27. The molecule has 0 spiro atoms. The largest absolute Gasteiger partial charge is 0.295 e. The van der Waals surface area contributed by atoms with E-state index < -0.39 is 0 Å². The molecule has 0 fully saturated rings. The van der Waals surface area contributed by atoms with E-state index >= 15 is 0 Å². The minimum absolute atomic E-state index is 0.298. The SMILES string of the molecule is CCC#CCC1=CCCCC1=O. The molecule has 0 unspecified atom stereocenters. The molecule has 0 heterocycles. The van der Waals surface area contributed by atoms with E-state index in [1.807, 2.05) is 13.0 Å². The van der Waals surface area contributed by atoms with Gasteiger partial charge < -0.3 is 0 Å². The second-order valence-electron chi connectivity index (χ2n) is 2.93. The van der Waals surface area contributed by atoms with Gasteiger partial charge in [-0.3, -0.25) is 4.79 Å². The van der Waals surface area contributed by atoms with E-state index in [4.69, 9.17) is 0 Å². The van der Waals surface area contributed by atoms with E-state index in [2.05, 4.69) is 11.8 Å². The molecule has 0 aromatic rings. The normalized spacial score (nSPS) is 16.4. The molecule has 0 aromatic carbocycles. The summed E-state index contributed by atoms with van der Waals surface area (Å²) in [6.07, 6.45) is 6.36. The highest BCUT2D eigenvalue weighted by molar-refractivity contribution is 5.96. The first-order valence-corrected chi connectivity index (χ1v) is 4.52. The zero-order valence-corrected chi connectivity index (χ0v) is 7.52. The molecule has 0 aromatic heterocycles. The van der Waals surface area contributed by atoms with Crippen molar-refractivity contribution in [2.75, 3.05) is 0 Å². The van der Waals surface area contributed by atoms with Crippen molar-refractivity contribution in [1.82, 2.24) is 0 Å². The predicted octanol–water partition coefficient (Wildman–Crippen LogP) is 2.47. The van der Waals surface area contributed by atoms with E-state index in [0.717, 1.165) is 31.3 Å². The van der Waals surface area contributed by atoms with Crippen LogP contribution >= 0.6 is 0 Å². The molecule has 0 aliphatic heterocycles. The Morgan fingerprint density at radius 2 is 2.33 bits per heavy atom. The zero-order chi connectivity index (χ0) is 8.81. The number of allylic oxidation sites excluding steroid dienone is 2. The zero-order valence-electron chi connectivity index (χ0n) is 7.52. The van der Waals surface area contributed by atoms with E-state index in [1.165, 1.54) is 0 Å². The summed E-state index contributed by atoms with van der Waals surface area (Å²) in [6.45, 7) is 2.02. The highest BCUT2D eigenvalue weighted by Gasteiger charge is 2.11. The second-order valence-corrected chi connectivity index (χ2v) is 2.93. The maximum absolute atomic E-state index is 11.3. The van der Waals surface area contributed by atoms with Crippen LogP contribution in [0.1, 0.15) is 39.0 Å². The third kappa shape index (κ3) is 2.54. The van der Waals surface area contributed by atoms with Gasteiger partial charge in [0.25, 0.3) is 0 Å². The Hall–Kier alpha value is -1.03. The van der Waals surface area contributed by atoms with Gasteiger partial charge in [0.05, 0.1) is 0 Å². The van der Waals surface area contributed by atoms with Gasteiger partial charge in [0.1, 0.15) is 0 Å². The Morgan fingerprint density at radius 3 is 3.00 bits per heavy atom. The third-order valence-electron chi connectivity index (χ3n) is 1.94. The summed E-state index contributed by atoms with van der Waals surface area (Å²) >= 11 is 0. The first-order chi connectivity index (χ1) is 5.84. The fraction of sp³-hybridized carbons (Fsp3) is 0.545. The topological polar surface area (TPSA) is 17.1 Å². The third-order valence-corrected chi connectivity index (χ3v) is 1.94. The quantitative estimate of drug-likeness (QED) is 0.541. The number of hydrogen-bond acceptors (Lipinski definition) is 1. The lowest BCUT2D eigenvalue weighted by Gasteiger charge is -2.07. The van der Waals surface area contributed by atoms with Crippen LogP contribution in [0, 0.1) is 11.8 Å². The maximum atomic E-state index is 11.3. The Bertz CT molecular complexity index is 250. The molecular weight excluding hydrogens is 148 g/mol.